The first-order valence-electron chi connectivity index (χ1n) is 5.08. The Kier molecular flexibility index (Phi) is 6.43. The molecule has 0 amide bonds. The molecule has 0 saturated heterocycles. The second kappa shape index (κ2) is 7.60. The van der Waals surface area contributed by atoms with E-state index < -0.39 is 0 Å². The smallest absolute Gasteiger partial charge is 0.347 e. The van der Waals surface area contributed by atoms with E-state index in [0.717, 1.165) is 20.2 Å². The average Bonchev–Trinajstić information content (AvgIpc) is 2.31. The highest BCUT2D eigenvalue weighted by Crippen LogP contribution is 2.17. The summed E-state index contributed by atoms with van der Waals surface area (Å²) in [6, 6.07) is 7.72. The summed E-state index contributed by atoms with van der Waals surface area (Å²) in [6.07, 6.45) is 4.07. The van der Waals surface area contributed by atoms with Crippen LogP contribution in [0.25, 0.3) is 0 Å². The molecule has 90 valence electrons. The third-order valence-electron chi connectivity index (χ3n) is 1.81. The highest BCUT2D eigenvalue weighted by molar-refractivity contribution is 14.1. The quantitative estimate of drug-likeness (QED) is 0.465. The number of nitrogens with two attached hydrogens (primary N) is 1. The number of allylic oxidation sites excluding steroid dienone is 1. The molecular formula is C12H13BrIN2O+. The maximum atomic E-state index is 5.64. The van der Waals surface area contributed by atoms with Crippen molar-refractivity contribution >= 4 is 50.8 Å². The monoisotopic (exact) mass is 407 g/mol. The van der Waals surface area contributed by atoms with E-state index in [1.54, 1.807) is 0 Å². The van der Waals surface area contributed by atoms with Crippen molar-refractivity contribution in [1.82, 2.24) is 0 Å². The maximum absolute atomic E-state index is 5.64. The van der Waals surface area contributed by atoms with Gasteiger partial charge in [-0.05, 0) is 74.2 Å². The van der Waals surface area contributed by atoms with E-state index in [2.05, 4.69) is 43.5 Å². The molecule has 0 aliphatic rings. The second-order valence-corrected chi connectivity index (χ2v) is 5.20. The molecule has 0 heterocycles. The van der Waals surface area contributed by atoms with Crippen LogP contribution in [0, 0.1) is 3.57 Å². The zero-order valence-electron chi connectivity index (χ0n) is 9.36. The summed E-state index contributed by atoms with van der Waals surface area (Å²) < 4.78 is 7.59. The lowest BCUT2D eigenvalue weighted by Gasteiger charge is -2.03. The van der Waals surface area contributed by atoms with Crippen LogP contribution < -0.4 is 10.1 Å². The molecule has 0 spiro atoms. The van der Waals surface area contributed by atoms with Crippen LogP contribution in [0.2, 0.25) is 0 Å². The van der Waals surface area contributed by atoms with Gasteiger partial charge in [-0.3, -0.25) is 5.41 Å². The third kappa shape index (κ3) is 4.99. The largest absolute Gasteiger partial charge is 0.420 e. The van der Waals surface area contributed by atoms with Gasteiger partial charge in [-0.25, -0.2) is 0 Å². The zero-order valence-corrected chi connectivity index (χ0v) is 13.1. The molecule has 0 bridgehead atoms. The summed E-state index contributed by atoms with van der Waals surface area (Å²) in [5, 5.41) is 5.30. The molecule has 1 aromatic rings. The van der Waals surface area contributed by atoms with Crippen LogP contribution in [0.5, 0.6) is 5.75 Å². The van der Waals surface area contributed by atoms with Gasteiger partial charge in [0, 0.05) is 3.57 Å². The molecule has 0 aliphatic heterocycles. The average molecular weight is 408 g/mol. The van der Waals surface area contributed by atoms with Crippen molar-refractivity contribution in [3.63, 3.8) is 0 Å². The highest BCUT2D eigenvalue weighted by Gasteiger charge is 2.11. The zero-order chi connectivity index (χ0) is 12.7. The number of ether oxygens (including phenoxy) is 1. The van der Waals surface area contributed by atoms with Gasteiger partial charge in [0.1, 0.15) is 10.2 Å². The Bertz CT molecular complexity index is 440. The summed E-state index contributed by atoms with van der Waals surface area (Å²) in [7, 11) is 0. The Morgan fingerprint density at radius 2 is 2.12 bits per heavy atom. The summed E-state index contributed by atoms with van der Waals surface area (Å²) >= 11 is 5.65. The van der Waals surface area contributed by atoms with E-state index in [1.165, 1.54) is 6.34 Å². The van der Waals surface area contributed by atoms with Crippen LogP contribution in [0.15, 0.2) is 39.8 Å². The van der Waals surface area contributed by atoms with Crippen LogP contribution in [0.1, 0.15) is 13.3 Å². The number of benzene rings is 1. The lowest BCUT2D eigenvalue weighted by molar-refractivity contribution is -0.106. The molecule has 0 unspecified atom stereocenters. The lowest BCUT2D eigenvalue weighted by Crippen LogP contribution is -2.29. The van der Waals surface area contributed by atoms with Gasteiger partial charge in [0.25, 0.3) is 6.34 Å². The van der Waals surface area contributed by atoms with E-state index in [-0.39, 0.29) is 0 Å². The van der Waals surface area contributed by atoms with Gasteiger partial charge in [-0.2, -0.15) is 0 Å². The van der Waals surface area contributed by atoms with Crippen molar-refractivity contribution < 1.29 is 10.1 Å². The minimum Gasteiger partial charge on any atom is -0.420 e. The Labute approximate surface area is 123 Å². The normalized spacial score (nSPS) is 12.4. The Morgan fingerprint density at radius 3 is 2.65 bits per heavy atom. The lowest BCUT2D eigenvalue weighted by atomic mass is 10.3. The van der Waals surface area contributed by atoms with Crippen LogP contribution in [0.4, 0.5) is 0 Å². The minimum absolute atomic E-state index is 0.454. The van der Waals surface area contributed by atoms with E-state index in [1.807, 2.05) is 37.3 Å². The summed E-state index contributed by atoms with van der Waals surface area (Å²) in [6.45, 7) is 2.04. The Balaban J connectivity index is 2.88. The fraction of sp³-hybridized carbons (Fsp3) is 0.167. The second-order valence-electron chi connectivity index (χ2n) is 3.10. The molecule has 1 aromatic carbocycles. The Morgan fingerprint density at radius 1 is 1.47 bits per heavy atom. The summed E-state index contributed by atoms with van der Waals surface area (Å²) in [4.78, 5) is 3.99. The standard InChI is InChI=1S/C12H12BrIN2O/c1-2-3-11(13)12(16-8-15)17-10-6-4-9(14)5-7-10/h3-8,15H,2H2,1H3/p+1/b11-3+,15-8?,16-12?. The number of hydrogen-bond donors (Lipinski definition) is 1. The predicted molar refractivity (Wildman–Crippen MR) is 82.5 cm³/mol. The molecule has 3 nitrogen and oxygen atoms in total. The summed E-state index contributed by atoms with van der Waals surface area (Å²) in [5.74, 6) is 1.18. The minimum atomic E-state index is 0.454. The van der Waals surface area contributed by atoms with Crippen LogP contribution in [-0.4, -0.2) is 12.2 Å². The van der Waals surface area contributed by atoms with Crippen molar-refractivity contribution in [2.24, 2.45) is 4.99 Å². The molecular weight excluding hydrogens is 395 g/mol. The van der Waals surface area contributed by atoms with Crippen molar-refractivity contribution in [2.45, 2.75) is 13.3 Å². The van der Waals surface area contributed by atoms with Gasteiger partial charge >= 0.3 is 5.90 Å². The van der Waals surface area contributed by atoms with E-state index >= 15 is 0 Å². The van der Waals surface area contributed by atoms with Crippen LogP contribution in [-0.2, 0) is 0 Å². The molecule has 0 atom stereocenters. The molecule has 0 radical (unpaired) electrons. The SMILES string of the molecule is CC/C=C(/Br)C(=NC=[NH2+])Oc1ccc(I)cc1. The number of hydrogen-bond acceptors (Lipinski definition) is 1. The van der Waals surface area contributed by atoms with Gasteiger partial charge in [0.05, 0.1) is 0 Å². The van der Waals surface area contributed by atoms with Crippen molar-refractivity contribution in [3.05, 3.63) is 38.4 Å². The van der Waals surface area contributed by atoms with E-state index in [4.69, 9.17) is 10.1 Å². The number of nitrogens with zero attached hydrogens (tertiary/aromatic N) is 1. The van der Waals surface area contributed by atoms with E-state index in [0.29, 0.717) is 5.90 Å². The predicted octanol–water partition coefficient (Wildman–Crippen LogP) is 2.54. The molecule has 2 N–H and O–H groups in total. The first-order chi connectivity index (χ1) is 8.17. The number of rotatable bonds is 4. The van der Waals surface area contributed by atoms with Crippen LogP contribution >= 0.6 is 38.5 Å². The fourth-order valence-electron chi connectivity index (χ4n) is 1.09. The number of halogens is 2. The van der Waals surface area contributed by atoms with Crippen LogP contribution in [0.3, 0.4) is 0 Å². The number of aliphatic imine (C=N–C) groups is 1. The van der Waals surface area contributed by atoms with Gasteiger partial charge in [0.15, 0.2) is 0 Å². The maximum Gasteiger partial charge on any atom is 0.347 e. The van der Waals surface area contributed by atoms with Gasteiger partial charge in [0.2, 0.25) is 0 Å². The first-order valence-corrected chi connectivity index (χ1v) is 6.95. The van der Waals surface area contributed by atoms with Crippen molar-refractivity contribution in [1.29, 1.82) is 0 Å². The van der Waals surface area contributed by atoms with Crippen molar-refractivity contribution in [2.75, 3.05) is 0 Å². The molecule has 5 heteroatoms. The Hall–Kier alpha value is -0.690. The van der Waals surface area contributed by atoms with Gasteiger partial charge in [-0.1, -0.05) is 13.0 Å². The van der Waals surface area contributed by atoms with Gasteiger partial charge < -0.3 is 4.74 Å². The third-order valence-corrected chi connectivity index (χ3v) is 3.19. The van der Waals surface area contributed by atoms with E-state index in [9.17, 15) is 0 Å². The molecule has 0 saturated carbocycles. The molecule has 0 aliphatic carbocycles. The molecule has 17 heavy (non-hydrogen) atoms. The molecule has 0 fully saturated rings. The topological polar surface area (TPSA) is 47.2 Å². The fourth-order valence-corrected chi connectivity index (χ4v) is 1.95. The van der Waals surface area contributed by atoms with Crippen molar-refractivity contribution in [3.8, 4) is 5.75 Å². The molecule has 0 aromatic heterocycles. The summed E-state index contributed by atoms with van der Waals surface area (Å²) in [5.41, 5.74) is 0. The first kappa shape index (κ1) is 14.4. The molecule has 1 rings (SSSR count). The van der Waals surface area contributed by atoms with Gasteiger partial charge in [-0.15, -0.1) is 0 Å². The highest BCUT2D eigenvalue weighted by atomic mass is 127.